The summed E-state index contributed by atoms with van der Waals surface area (Å²) < 4.78 is 37.0. The van der Waals surface area contributed by atoms with Gasteiger partial charge in [-0.25, -0.2) is 18.7 Å². The number of fused-ring (bicyclic) bond motifs is 1. The van der Waals surface area contributed by atoms with Crippen molar-refractivity contribution in [2.75, 3.05) is 6.61 Å². The Morgan fingerprint density at radius 1 is 1.06 bits per heavy atom. The van der Waals surface area contributed by atoms with Crippen LogP contribution in [-0.4, -0.2) is 41.6 Å². The van der Waals surface area contributed by atoms with Gasteiger partial charge in [0.05, 0.1) is 35.8 Å². The van der Waals surface area contributed by atoms with E-state index in [1.807, 2.05) is 13.8 Å². The minimum absolute atomic E-state index is 0.0481. The number of benzene rings is 1. The van der Waals surface area contributed by atoms with Gasteiger partial charge >= 0.3 is 0 Å². The molecular weight excluding hydrogens is 444 g/mol. The van der Waals surface area contributed by atoms with Crippen LogP contribution < -0.4 is 4.74 Å². The lowest BCUT2D eigenvalue weighted by atomic mass is 10.0. The fourth-order valence-corrected chi connectivity index (χ4v) is 4.04. The highest BCUT2D eigenvalue weighted by molar-refractivity contribution is 5.98. The van der Waals surface area contributed by atoms with Gasteiger partial charge in [-0.15, -0.1) is 0 Å². The first-order valence-corrected chi connectivity index (χ1v) is 10.8. The Hall–Kier alpha value is -3.66. The zero-order valence-corrected chi connectivity index (χ0v) is 19.4. The quantitative estimate of drug-likeness (QED) is 0.398. The number of carbonyl (C=O) groups is 1. The second-order valence-electron chi connectivity index (χ2n) is 8.11. The molecule has 0 aliphatic carbocycles. The van der Waals surface area contributed by atoms with E-state index >= 15 is 0 Å². The Morgan fingerprint density at radius 2 is 1.76 bits per heavy atom. The number of Topliss-reactive ketones (excluding diaryl/α,β-unsaturated/α-hetero) is 1. The summed E-state index contributed by atoms with van der Waals surface area (Å²) in [5.41, 5.74) is 3.81. The van der Waals surface area contributed by atoms with E-state index in [9.17, 15) is 18.7 Å². The van der Waals surface area contributed by atoms with Crippen molar-refractivity contribution in [3.8, 4) is 5.88 Å². The van der Waals surface area contributed by atoms with E-state index in [4.69, 9.17) is 4.74 Å². The Kier molecular flexibility index (Phi) is 6.43. The molecule has 4 aromatic rings. The number of rotatable bonds is 8. The van der Waals surface area contributed by atoms with Crippen molar-refractivity contribution in [2.45, 2.75) is 47.3 Å². The molecule has 10 heteroatoms. The van der Waals surface area contributed by atoms with Gasteiger partial charge in [0, 0.05) is 23.9 Å². The molecule has 1 N–H and O–H groups in total. The number of aryl methyl sites for hydroxylation is 3. The highest BCUT2D eigenvalue weighted by atomic mass is 19.1. The maximum Gasteiger partial charge on any atom is 0.258 e. The summed E-state index contributed by atoms with van der Waals surface area (Å²) in [4.78, 5) is 22.2. The molecule has 3 aromatic heterocycles. The van der Waals surface area contributed by atoms with Crippen LogP contribution in [0.25, 0.3) is 5.65 Å². The maximum atomic E-state index is 14.0. The zero-order valence-electron chi connectivity index (χ0n) is 19.4. The van der Waals surface area contributed by atoms with E-state index in [0.717, 1.165) is 29.1 Å². The van der Waals surface area contributed by atoms with E-state index in [0.29, 0.717) is 23.6 Å². The number of carbonyl (C=O) groups excluding carboxylic acids is 1. The van der Waals surface area contributed by atoms with Gasteiger partial charge in [0.15, 0.2) is 5.78 Å². The Morgan fingerprint density at radius 3 is 2.44 bits per heavy atom. The number of ketones is 1. The summed E-state index contributed by atoms with van der Waals surface area (Å²) in [6.45, 7) is 7.06. The van der Waals surface area contributed by atoms with Crippen LogP contribution in [0.1, 0.15) is 44.4 Å². The van der Waals surface area contributed by atoms with Crippen LogP contribution in [0.4, 0.5) is 8.78 Å². The summed E-state index contributed by atoms with van der Waals surface area (Å²) in [5, 5.41) is 13.6. The average molecular weight is 469 g/mol. The molecular formula is C24H25F2N5O3. The first-order valence-electron chi connectivity index (χ1n) is 10.8. The molecule has 8 nitrogen and oxygen atoms in total. The van der Waals surface area contributed by atoms with Gasteiger partial charge < -0.3 is 9.84 Å². The molecule has 178 valence electrons. The number of nitrogens with zero attached hydrogens (tertiary/aromatic N) is 5. The van der Waals surface area contributed by atoms with Crippen LogP contribution >= 0.6 is 0 Å². The van der Waals surface area contributed by atoms with Gasteiger partial charge in [0.1, 0.15) is 23.9 Å². The molecule has 0 aliphatic rings. The van der Waals surface area contributed by atoms with Crippen LogP contribution in [0.15, 0.2) is 24.4 Å². The Bertz CT molecular complexity index is 1370. The number of halogens is 2. The molecule has 34 heavy (non-hydrogen) atoms. The van der Waals surface area contributed by atoms with Crippen molar-refractivity contribution in [3.63, 3.8) is 0 Å². The van der Waals surface area contributed by atoms with E-state index in [2.05, 4.69) is 15.1 Å². The summed E-state index contributed by atoms with van der Waals surface area (Å²) in [7, 11) is 0. The molecule has 0 spiro atoms. The van der Waals surface area contributed by atoms with Gasteiger partial charge in [-0.05, 0) is 39.8 Å². The molecule has 4 rings (SSSR count). The maximum absolute atomic E-state index is 14.0. The van der Waals surface area contributed by atoms with Gasteiger partial charge in [-0.2, -0.15) is 5.10 Å². The number of imidazole rings is 1. The molecule has 3 heterocycles. The molecule has 0 atom stereocenters. The summed E-state index contributed by atoms with van der Waals surface area (Å²) in [6.07, 6.45) is 1.78. The molecule has 0 bridgehead atoms. The second kappa shape index (κ2) is 9.30. The van der Waals surface area contributed by atoms with E-state index in [1.165, 1.54) is 6.07 Å². The first kappa shape index (κ1) is 23.5. The Balaban J connectivity index is 1.68. The molecule has 0 aliphatic heterocycles. The van der Waals surface area contributed by atoms with Crippen molar-refractivity contribution in [2.24, 2.45) is 0 Å². The number of aliphatic hydroxyl groups excluding tert-OH is 1. The Labute approximate surface area is 194 Å². The van der Waals surface area contributed by atoms with Crippen LogP contribution in [0.3, 0.4) is 0 Å². The average Bonchev–Trinajstić information content (AvgIpc) is 3.24. The van der Waals surface area contributed by atoms with Crippen molar-refractivity contribution in [1.82, 2.24) is 24.1 Å². The predicted octanol–water partition coefficient (Wildman–Crippen LogP) is 3.43. The number of aliphatic hydroxyl groups is 1. The smallest absolute Gasteiger partial charge is 0.258 e. The van der Waals surface area contributed by atoms with Crippen LogP contribution in [0.5, 0.6) is 5.88 Å². The molecule has 0 amide bonds. The van der Waals surface area contributed by atoms with E-state index in [1.54, 1.807) is 29.1 Å². The number of ether oxygens (including phenoxy) is 1. The third-order valence-corrected chi connectivity index (χ3v) is 5.73. The van der Waals surface area contributed by atoms with Crippen LogP contribution in [-0.2, 0) is 19.6 Å². The standard InChI is InChI=1S/C24H25F2N5O3/c1-13-11-30-22(21(33)10-17-14(2)29-31(8-9-32)16(17)4)15(3)28-23(30)24(27-13)34-12-18-19(25)6-5-7-20(18)26/h5-7,11,32H,8-10,12H2,1-4H3. The fourth-order valence-electron chi connectivity index (χ4n) is 4.04. The monoisotopic (exact) mass is 469 g/mol. The second-order valence-corrected chi connectivity index (χ2v) is 8.11. The molecule has 1 aromatic carbocycles. The minimum atomic E-state index is -0.716. The van der Waals surface area contributed by atoms with E-state index in [-0.39, 0.29) is 42.5 Å². The zero-order chi connectivity index (χ0) is 24.6. The normalized spacial score (nSPS) is 11.4. The van der Waals surface area contributed by atoms with Crippen molar-refractivity contribution < 1.29 is 23.4 Å². The van der Waals surface area contributed by atoms with Crippen LogP contribution in [0.2, 0.25) is 0 Å². The van der Waals surface area contributed by atoms with Gasteiger partial charge in [0.25, 0.3) is 5.88 Å². The lowest BCUT2D eigenvalue weighted by Crippen LogP contribution is -2.11. The molecule has 0 radical (unpaired) electrons. The summed E-state index contributed by atoms with van der Waals surface area (Å²) >= 11 is 0. The predicted molar refractivity (Wildman–Crippen MR) is 120 cm³/mol. The third-order valence-electron chi connectivity index (χ3n) is 5.73. The fraction of sp³-hybridized carbons (Fsp3) is 0.333. The van der Waals surface area contributed by atoms with Gasteiger partial charge in [0.2, 0.25) is 5.65 Å². The van der Waals surface area contributed by atoms with Crippen molar-refractivity contribution in [1.29, 1.82) is 0 Å². The number of hydrogen-bond acceptors (Lipinski definition) is 6. The highest BCUT2D eigenvalue weighted by Crippen LogP contribution is 2.25. The lowest BCUT2D eigenvalue weighted by molar-refractivity contribution is 0.0986. The first-order chi connectivity index (χ1) is 16.2. The summed E-state index contributed by atoms with van der Waals surface area (Å²) in [5.74, 6) is -1.53. The van der Waals surface area contributed by atoms with Gasteiger partial charge in [-0.3, -0.25) is 13.9 Å². The van der Waals surface area contributed by atoms with E-state index < -0.39 is 11.6 Å². The molecule has 0 saturated carbocycles. The minimum Gasteiger partial charge on any atom is -0.470 e. The molecule has 0 saturated heterocycles. The number of aromatic nitrogens is 5. The van der Waals surface area contributed by atoms with Crippen molar-refractivity contribution in [3.05, 3.63) is 75.6 Å². The molecule has 0 fully saturated rings. The molecule has 0 unspecified atom stereocenters. The SMILES string of the molecule is Cc1cn2c(C(=O)Cc3c(C)nn(CCO)c3C)c(C)nc2c(OCc2c(F)cccc2F)n1. The van der Waals surface area contributed by atoms with Crippen LogP contribution in [0, 0.1) is 39.3 Å². The number of hydrogen-bond donors (Lipinski definition) is 1. The largest absolute Gasteiger partial charge is 0.470 e. The third kappa shape index (κ3) is 4.28. The van der Waals surface area contributed by atoms with Crippen molar-refractivity contribution >= 4 is 11.4 Å². The van der Waals surface area contributed by atoms with Gasteiger partial charge in [-0.1, -0.05) is 6.07 Å². The highest BCUT2D eigenvalue weighted by Gasteiger charge is 2.23. The lowest BCUT2D eigenvalue weighted by Gasteiger charge is -2.10. The topological polar surface area (TPSA) is 94.5 Å². The summed E-state index contributed by atoms with van der Waals surface area (Å²) in [6, 6.07) is 3.60.